The van der Waals surface area contributed by atoms with E-state index in [1.54, 1.807) is 11.5 Å². The van der Waals surface area contributed by atoms with E-state index in [1.165, 1.54) is 0 Å². The van der Waals surface area contributed by atoms with Crippen LogP contribution in [0.5, 0.6) is 0 Å². The molecule has 0 radical (unpaired) electrons. The molecular formula is C13H14BrClN2O2. The molecule has 0 fully saturated rings. The van der Waals surface area contributed by atoms with E-state index in [4.69, 9.17) is 16.3 Å². The summed E-state index contributed by atoms with van der Waals surface area (Å²) in [4.78, 5) is 16.2. The molecule has 0 bridgehead atoms. The number of hydrogen-bond donors (Lipinski definition) is 0. The Balaban J connectivity index is 2.50. The van der Waals surface area contributed by atoms with Crippen molar-refractivity contribution in [3.8, 4) is 0 Å². The minimum absolute atomic E-state index is 0.118. The Morgan fingerprint density at radius 1 is 1.58 bits per heavy atom. The van der Waals surface area contributed by atoms with Crippen LogP contribution in [0.25, 0.3) is 11.0 Å². The number of carbonyl (C=O) groups is 1. The Labute approximate surface area is 124 Å². The first-order chi connectivity index (χ1) is 9.02. The number of nitrogens with zero attached hydrogens (tertiary/aromatic N) is 2. The normalized spacial score (nSPS) is 12.6. The molecule has 0 aliphatic carbocycles. The molecule has 0 saturated heterocycles. The summed E-state index contributed by atoms with van der Waals surface area (Å²) in [5, 5.41) is -0.277. The SMILES string of the molecule is CCOC(=O)Cn1c(C(C)Cl)nc2ccc(Br)cc21. The molecular weight excluding hydrogens is 332 g/mol. The van der Waals surface area contributed by atoms with Crippen LogP contribution in [0, 0.1) is 0 Å². The van der Waals surface area contributed by atoms with Gasteiger partial charge in [0.15, 0.2) is 0 Å². The lowest BCUT2D eigenvalue weighted by Gasteiger charge is -2.09. The highest BCUT2D eigenvalue weighted by molar-refractivity contribution is 9.10. The molecule has 0 aliphatic rings. The second-order valence-corrected chi connectivity index (χ2v) is 5.68. The van der Waals surface area contributed by atoms with E-state index in [0.717, 1.165) is 15.5 Å². The number of rotatable bonds is 4. The van der Waals surface area contributed by atoms with E-state index in [9.17, 15) is 4.79 Å². The average molecular weight is 346 g/mol. The fraction of sp³-hybridized carbons (Fsp3) is 0.385. The minimum atomic E-state index is -0.291. The van der Waals surface area contributed by atoms with Crippen molar-refractivity contribution in [2.45, 2.75) is 25.8 Å². The molecule has 1 unspecified atom stereocenters. The monoisotopic (exact) mass is 344 g/mol. The summed E-state index contributed by atoms with van der Waals surface area (Å²) < 4.78 is 7.72. The van der Waals surface area contributed by atoms with Crippen molar-refractivity contribution >= 4 is 44.5 Å². The molecule has 0 aliphatic heterocycles. The van der Waals surface area contributed by atoms with Gasteiger partial charge in [-0.15, -0.1) is 11.6 Å². The Hall–Kier alpha value is -1.07. The number of halogens is 2. The molecule has 1 aromatic heterocycles. The molecule has 4 nitrogen and oxygen atoms in total. The van der Waals surface area contributed by atoms with E-state index in [0.29, 0.717) is 12.4 Å². The Kier molecular flexibility index (Phi) is 4.47. The van der Waals surface area contributed by atoms with Crippen LogP contribution in [-0.4, -0.2) is 22.1 Å². The first-order valence-electron chi connectivity index (χ1n) is 5.98. The second-order valence-electron chi connectivity index (χ2n) is 4.11. The van der Waals surface area contributed by atoms with Crippen LogP contribution in [0.15, 0.2) is 22.7 Å². The summed E-state index contributed by atoms with van der Waals surface area (Å²) in [5.41, 5.74) is 1.68. The van der Waals surface area contributed by atoms with Crippen molar-refractivity contribution in [3.63, 3.8) is 0 Å². The number of aromatic nitrogens is 2. The predicted octanol–water partition coefficient (Wildman–Crippen LogP) is 3.66. The third-order valence-electron chi connectivity index (χ3n) is 2.69. The van der Waals surface area contributed by atoms with Crippen molar-refractivity contribution in [3.05, 3.63) is 28.5 Å². The molecule has 102 valence electrons. The predicted molar refractivity (Wildman–Crippen MR) is 78.3 cm³/mol. The molecule has 0 saturated carbocycles. The number of ether oxygens (including phenoxy) is 1. The summed E-state index contributed by atoms with van der Waals surface area (Å²) >= 11 is 9.55. The topological polar surface area (TPSA) is 44.1 Å². The maximum Gasteiger partial charge on any atom is 0.326 e. The molecule has 1 aromatic carbocycles. The number of hydrogen-bond acceptors (Lipinski definition) is 3. The molecule has 0 amide bonds. The van der Waals surface area contributed by atoms with Gasteiger partial charge in [-0.1, -0.05) is 15.9 Å². The number of imidazole rings is 1. The molecule has 6 heteroatoms. The first kappa shape index (κ1) is 14.3. The molecule has 0 N–H and O–H groups in total. The van der Waals surface area contributed by atoms with Gasteiger partial charge in [-0.2, -0.15) is 0 Å². The quantitative estimate of drug-likeness (QED) is 0.627. The maximum atomic E-state index is 11.7. The second kappa shape index (κ2) is 5.92. The fourth-order valence-electron chi connectivity index (χ4n) is 1.92. The summed E-state index contributed by atoms with van der Waals surface area (Å²) in [6, 6.07) is 5.72. The van der Waals surface area contributed by atoms with Crippen LogP contribution in [-0.2, 0) is 16.1 Å². The highest BCUT2D eigenvalue weighted by atomic mass is 79.9. The molecule has 1 heterocycles. The van der Waals surface area contributed by atoms with Gasteiger partial charge in [0.2, 0.25) is 0 Å². The molecule has 0 spiro atoms. The van der Waals surface area contributed by atoms with E-state index in [1.807, 2.05) is 25.1 Å². The molecule has 1 atom stereocenters. The highest BCUT2D eigenvalue weighted by Crippen LogP contribution is 2.26. The van der Waals surface area contributed by atoms with Gasteiger partial charge in [0.25, 0.3) is 0 Å². The lowest BCUT2D eigenvalue weighted by molar-refractivity contribution is -0.143. The van der Waals surface area contributed by atoms with Gasteiger partial charge in [0, 0.05) is 4.47 Å². The third kappa shape index (κ3) is 3.09. The van der Waals surface area contributed by atoms with E-state index >= 15 is 0 Å². The van der Waals surface area contributed by atoms with Crippen molar-refractivity contribution in [2.24, 2.45) is 0 Å². The number of fused-ring (bicyclic) bond motifs is 1. The highest BCUT2D eigenvalue weighted by Gasteiger charge is 2.17. The maximum absolute atomic E-state index is 11.7. The zero-order valence-corrected chi connectivity index (χ0v) is 13.0. The average Bonchev–Trinajstić information content (AvgIpc) is 2.68. The number of esters is 1. The number of benzene rings is 1. The van der Waals surface area contributed by atoms with Gasteiger partial charge < -0.3 is 9.30 Å². The summed E-state index contributed by atoms with van der Waals surface area (Å²) in [5.74, 6) is 0.378. The largest absolute Gasteiger partial charge is 0.465 e. The van der Waals surface area contributed by atoms with E-state index in [2.05, 4.69) is 20.9 Å². The van der Waals surface area contributed by atoms with Gasteiger partial charge in [-0.05, 0) is 32.0 Å². The van der Waals surface area contributed by atoms with Gasteiger partial charge >= 0.3 is 5.97 Å². The molecule has 2 aromatic rings. The van der Waals surface area contributed by atoms with Crippen molar-refractivity contribution in [1.29, 1.82) is 0 Å². The number of alkyl halides is 1. The third-order valence-corrected chi connectivity index (χ3v) is 3.38. The van der Waals surface area contributed by atoms with E-state index < -0.39 is 0 Å². The van der Waals surface area contributed by atoms with Crippen LogP contribution in [0.4, 0.5) is 0 Å². The van der Waals surface area contributed by atoms with Crippen molar-refractivity contribution < 1.29 is 9.53 Å². The van der Waals surface area contributed by atoms with Gasteiger partial charge in [0.05, 0.1) is 23.0 Å². The molecule has 2 rings (SSSR count). The van der Waals surface area contributed by atoms with Crippen molar-refractivity contribution in [2.75, 3.05) is 6.61 Å². The Morgan fingerprint density at radius 3 is 2.95 bits per heavy atom. The summed E-state index contributed by atoms with van der Waals surface area (Å²) in [7, 11) is 0. The summed E-state index contributed by atoms with van der Waals surface area (Å²) in [6.45, 7) is 4.10. The van der Waals surface area contributed by atoms with Crippen LogP contribution in [0.3, 0.4) is 0 Å². The summed E-state index contributed by atoms with van der Waals surface area (Å²) in [6.07, 6.45) is 0. The van der Waals surface area contributed by atoms with Crippen LogP contribution < -0.4 is 0 Å². The molecule has 19 heavy (non-hydrogen) atoms. The van der Waals surface area contributed by atoms with Crippen LogP contribution in [0.1, 0.15) is 25.0 Å². The zero-order chi connectivity index (χ0) is 14.0. The van der Waals surface area contributed by atoms with Gasteiger partial charge in [-0.25, -0.2) is 4.98 Å². The Bertz CT molecular complexity index is 610. The first-order valence-corrected chi connectivity index (χ1v) is 7.21. The van der Waals surface area contributed by atoms with Gasteiger partial charge in [0.1, 0.15) is 12.4 Å². The zero-order valence-electron chi connectivity index (χ0n) is 10.7. The smallest absolute Gasteiger partial charge is 0.326 e. The van der Waals surface area contributed by atoms with E-state index in [-0.39, 0.29) is 17.9 Å². The number of carbonyl (C=O) groups excluding carboxylic acids is 1. The lowest BCUT2D eigenvalue weighted by atomic mass is 10.3. The van der Waals surface area contributed by atoms with Gasteiger partial charge in [-0.3, -0.25) is 4.79 Å². The standard InChI is InChI=1S/C13H14BrClN2O2/c1-3-19-12(18)7-17-11-6-9(14)4-5-10(11)16-13(17)8(2)15/h4-6,8H,3,7H2,1-2H3. The van der Waals surface area contributed by atoms with Crippen molar-refractivity contribution in [1.82, 2.24) is 9.55 Å². The lowest BCUT2D eigenvalue weighted by Crippen LogP contribution is -2.15. The van der Waals surface area contributed by atoms with Crippen LogP contribution >= 0.6 is 27.5 Å². The van der Waals surface area contributed by atoms with Crippen LogP contribution in [0.2, 0.25) is 0 Å². The minimum Gasteiger partial charge on any atom is -0.465 e. The Morgan fingerprint density at radius 2 is 2.32 bits per heavy atom. The fourth-order valence-corrected chi connectivity index (χ4v) is 2.44.